The van der Waals surface area contributed by atoms with E-state index in [2.05, 4.69) is 27.8 Å². The van der Waals surface area contributed by atoms with Crippen LogP contribution in [0.4, 0.5) is 11.6 Å². The van der Waals surface area contributed by atoms with E-state index in [4.69, 9.17) is 5.73 Å². The number of hydrogen-bond donors (Lipinski definition) is 2. The SMILES string of the molecule is Nc1cccc(NCCc2cccs2)n1. The van der Waals surface area contributed by atoms with Crippen LogP contribution in [-0.2, 0) is 6.42 Å². The summed E-state index contributed by atoms with van der Waals surface area (Å²) in [5.41, 5.74) is 5.58. The Morgan fingerprint density at radius 1 is 1.27 bits per heavy atom. The van der Waals surface area contributed by atoms with E-state index < -0.39 is 0 Å². The highest BCUT2D eigenvalue weighted by Crippen LogP contribution is 2.10. The number of nitrogens with two attached hydrogens (primary N) is 1. The molecule has 0 unspecified atom stereocenters. The number of anilines is 2. The maximum atomic E-state index is 5.58. The Bertz CT molecular complexity index is 412. The molecule has 3 N–H and O–H groups in total. The summed E-state index contributed by atoms with van der Waals surface area (Å²) >= 11 is 1.78. The molecule has 4 heteroatoms. The number of nitrogens with one attached hydrogen (secondary N) is 1. The fourth-order valence-corrected chi connectivity index (χ4v) is 2.03. The van der Waals surface area contributed by atoms with Gasteiger partial charge in [-0.15, -0.1) is 11.3 Å². The van der Waals surface area contributed by atoms with Gasteiger partial charge in [0.1, 0.15) is 11.6 Å². The molecule has 0 atom stereocenters. The molecule has 0 amide bonds. The van der Waals surface area contributed by atoms with Gasteiger partial charge in [-0.3, -0.25) is 0 Å². The fraction of sp³-hybridized carbons (Fsp3) is 0.182. The van der Waals surface area contributed by atoms with Crippen LogP contribution in [0.15, 0.2) is 35.7 Å². The van der Waals surface area contributed by atoms with E-state index in [1.807, 2.05) is 12.1 Å². The van der Waals surface area contributed by atoms with E-state index in [0.717, 1.165) is 18.8 Å². The van der Waals surface area contributed by atoms with Crippen molar-refractivity contribution in [3.8, 4) is 0 Å². The number of hydrogen-bond acceptors (Lipinski definition) is 4. The smallest absolute Gasteiger partial charge is 0.128 e. The monoisotopic (exact) mass is 219 g/mol. The molecular formula is C11H13N3S. The number of pyridine rings is 1. The van der Waals surface area contributed by atoms with Crippen LogP contribution >= 0.6 is 11.3 Å². The number of nitrogens with zero attached hydrogens (tertiary/aromatic N) is 1. The van der Waals surface area contributed by atoms with Gasteiger partial charge in [0.15, 0.2) is 0 Å². The van der Waals surface area contributed by atoms with Crippen LogP contribution in [0.5, 0.6) is 0 Å². The third-order valence-corrected chi connectivity index (χ3v) is 2.96. The fourth-order valence-electron chi connectivity index (χ4n) is 1.32. The Morgan fingerprint density at radius 2 is 2.20 bits per heavy atom. The van der Waals surface area contributed by atoms with E-state index in [1.54, 1.807) is 17.4 Å². The van der Waals surface area contributed by atoms with Crippen molar-refractivity contribution in [2.24, 2.45) is 0 Å². The Labute approximate surface area is 93.0 Å². The van der Waals surface area contributed by atoms with Crippen molar-refractivity contribution in [1.29, 1.82) is 0 Å². The minimum atomic E-state index is 0.552. The summed E-state index contributed by atoms with van der Waals surface area (Å²) < 4.78 is 0. The predicted octanol–water partition coefficient (Wildman–Crippen LogP) is 2.38. The Kier molecular flexibility index (Phi) is 3.19. The van der Waals surface area contributed by atoms with Gasteiger partial charge in [0.05, 0.1) is 0 Å². The van der Waals surface area contributed by atoms with Crippen molar-refractivity contribution in [3.05, 3.63) is 40.6 Å². The van der Waals surface area contributed by atoms with Crippen molar-refractivity contribution < 1.29 is 0 Å². The van der Waals surface area contributed by atoms with Crippen LogP contribution in [0.25, 0.3) is 0 Å². The maximum Gasteiger partial charge on any atom is 0.128 e. The topological polar surface area (TPSA) is 50.9 Å². The highest BCUT2D eigenvalue weighted by atomic mass is 32.1. The molecule has 0 bridgehead atoms. The molecule has 2 rings (SSSR count). The molecule has 0 aliphatic rings. The largest absolute Gasteiger partial charge is 0.384 e. The summed E-state index contributed by atoms with van der Waals surface area (Å²) in [6, 6.07) is 9.81. The van der Waals surface area contributed by atoms with Crippen molar-refractivity contribution in [2.45, 2.75) is 6.42 Å². The number of nitrogen functional groups attached to an aromatic ring is 1. The third-order valence-electron chi connectivity index (χ3n) is 2.03. The third kappa shape index (κ3) is 2.95. The van der Waals surface area contributed by atoms with Gasteiger partial charge in [-0.05, 0) is 30.0 Å². The van der Waals surface area contributed by atoms with Crippen LogP contribution in [-0.4, -0.2) is 11.5 Å². The number of aromatic nitrogens is 1. The molecule has 2 aromatic heterocycles. The molecule has 0 saturated carbocycles. The molecule has 0 spiro atoms. The van der Waals surface area contributed by atoms with Gasteiger partial charge >= 0.3 is 0 Å². The standard InChI is InChI=1S/C11H13N3S/c12-10-4-1-5-11(14-10)13-7-6-9-3-2-8-15-9/h1-5,8H,6-7H2,(H3,12,13,14). The normalized spacial score (nSPS) is 10.1. The van der Waals surface area contributed by atoms with E-state index in [-0.39, 0.29) is 0 Å². The first kappa shape index (κ1) is 9.98. The van der Waals surface area contributed by atoms with Gasteiger partial charge in [-0.2, -0.15) is 0 Å². The summed E-state index contributed by atoms with van der Waals surface area (Å²) in [5.74, 6) is 1.39. The predicted molar refractivity (Wildman–Crippen MR) is 65.2 cm³/mol. The zero-order chi connectivity index (χ0) is 10.5. The molecule has 2 heterocycles. The maximum absolute atomic E-state index is 5.58. The van der Waals surface area contributed by atoms with Crippen molar-refractivity contribution in [3.63, 3.8) is 0 Å². The lowest BCUT2D eigenvalue weighted by Crippen LogP contribution is -2.06. The van der Waals surface area contributed by atoms with Crippen LogP contribution in [0.2, 0.25) is 0 Å². The molecule has 0 fully saturated rings. The van der Waals surface area contributed by atoms with Crippen LogP contribution < -0.4 is 11.1 Å². The number of rotatable bonds is 4. The summed E-state index contributed by atoms with van der Waals surface area (Å²) in [6.07, 6.45) is 1.02. The highest BCUT2D eigenvalue weighted by molar-refractivity contribution is 7.09. The summed E-state index contributed by atoms with van der Waals surface area (Å²) in [7, 11) is 0. The first-order chi connectivity index (χ1) is 7.34. The van der Waals surface area contributed by atoms with E-state index in [1.165, 1.54) is 4.88 Å². The molecule has 78 valence electrons. The van der Waals surface area contributed by atoms with Crippen molar-refractivity contribution in [2.75, 3.05) is 17.6 Å². The average molecular weight is 219 g/mol. The van der Waals surface area contributed by atoms with E-state index in [0.29, 0.717) is 5.82 Å². The van der Waals surface area contributed by atoms with Crippen molar-refractivity contribution in [1.82, 2.24) is 4.98 Å². The first-order valence-electron chi connectivity index (χ1n) is 4.83. The van der Waals surface area contributed by atoms with E-state index >= 15 is 0 Å². The Morgan fingerprint density at radius 3 is 2.93 bits per heavy atom. The zero-order valence-electron chi connectivity index (χ0n) is 8.31. The molecular weight excluding hydrogens is 206 g/mol. The molecule has 0 aliphatic carbocycles. The lowest BCUT2D eigenvalue weighted by atomic mass is 10.3. The van der Waals surface area contributed by atoms with Crippen LogP contribution in [0.3, 0.4) is 0 Å². The second kappa shape index (κ2) is 4.79. The Balaban J connectivity index is 1.83. The summed E-state index contributed by atoms with van der Waals surface area (Å²) in [4.78, 5) is 5.54. The lowest BCUT2D eigenvalue weighted by molar-refractivity contribution is 1.03. The van der Waals surface area contributed by atoms with Crippen LogP contribution in [0.1, 0.15) is 4.88 Å². The van der Waals surface area contributed by atoms with Gasteiger partial charge in [0, 0.05) is 11.4 Å². The molecule has 0 aliphatic heterocycles. The van der Waals surface area contributed by atoms with Crippen molar-refractivity contribution >= 4 is 23.0 Å². The minimum Gasteiger partial charge on any atom is -0.384 e. The second-order valence-corrected chi connectivity index (χ2v) is 4.24. The van der Waals surface area contributed by atoms with Gasteiger partial charge in [0.2, 0.25) is 0 Å². The molecule has 0 saturated heterocycles. The molecule has 3 nitrogen and oxygen atoms in total. The molecule has 2 aromatic rings. The number of thiophene rings is 1. The molecule has 15 heavy (non-hydrogen) atoms. The zero-order valence-corrected chi connectivity index (χ0v) is 9.13. The summed E-state index contributed by atoms with van der Waals surface area (Å²) in [5, 5.41) is 5.33. The molecule has 0 radical (unpaired) electrons. The highest BCUT2D eigenvalue weighted by Gasteiger charge is 1.95. The van der Waals surface area contributed by atoms with Gasteiger partial charge in [-0.25, -0.2) is 4.98 Å². The second-order valence-electron chi connectivity index (χ2n) is 3.20. The molecule has 0 aromatic carbocycles. The van der Waals surface area contributed by atoms with E-state index in [9.17, 15) is 0 Å². The van der Waals surface area contributed by atoms with Gasteiger partial charge in [-0.1, -0.05) is 12.1 Å². The lowest BCUT2D eigenvalue weighted by Gasteiger charge is -2.04. The Hall–Kier alpha value is -1.55. The van der Waals surface area contributed by atoms with Gasteiger partial charge < -0.3 is 11.1 Å². The minimum absolute atomic E-state index is 0.552. The van der Waals surface area contributed by atoms with Gasteiger partial charge in [0.25, 0.3) is 0 Å². The first-order valence-corrected chi connectivity index (χ1v) is 5.71. The van der Waals surface area contributed by atoms with Crippen LogP contribution in [0, 0.1) is 0 Å². The average Bonchev–Trinajstić information content (AvgIpc) is 2.71. The summed E-state index contributed by atoms with van der Waals surface area (Å²) in [6.45, 7) is 0.886. The quantitative estimate of drug-likeness (QED) is 0.830.